The van der Waals surface area contributed by atoms with E-state index in [2.05, 4.69) is 34.2 Å². The number of carbonyl (C=O) groups excluding carboxylic acids is 2. The minimum absolute atomic E-state index is 0. The summed E-state index contributed by atoms with van der Waals surface area (Å²) in [7, 11) is 0. The van der Waals surface area contributed by atoms with E-state index in [4.69, 9.17) is 10.5 Å². The summed E-state index contributed by atoms with van der Waals surface area (Å²) in [5.41, 5.74) is 3.01. The van der Waals surface area contributed by atoms with E-state index in [1.807, 2.05) is 24.3 Å². The molecular weight excluding hydrogens is 547 g/mol. The van der Waals surface area contributed by atoms with Crippen molar-refractivity contribution in [1.82, 2.24) is 9.97 Å². The molecule has 0 atom stereocenters. The minimum atomic E-state index is -1.23. The zero-order valence-corrected chi connectivity index (χ0v) is 21.2. The molecule has 0 spiro atoms. The van der Waals surface area contributed by atoms with Crippen molar-refractivity contribution in [2.75, 3.05) is 0 Å². The first-order valence-corrected chi connectivity index (χ1v) is 10.4. The summed E-state index contributed by atoms with van der Waals surface area (Å²) in [5, 5.41) is 39.4. The number of fused-ring (bicyclic) bond motifs is 3. The van der Waals surface area contributed by atoms with Crippen molar-refractivity contribution in [2.24, 2.45) is 0 Å². The molecule has 2 aromatic heterocycles. The molecule has 0 saturated heterocycles. The molecule has 0 saturated carbocycles. The summed E-state index contributed by atoms with van der Waals surface area (Å²) in [6, 6.07) is 27.0. The van der Waals surface area contributed by atoms with Gasteiger partial charge in [-0.15, -0.1) is 0 Å². The number of pyridine rings is 2. The molecule has 2 heterocycles. The van der Waals surface area contributed by atoms with Gasteiger partial charge in [0, 0.05) is 23.2 Å². The molecule has 0 bridgehead atoms. The molecule has 1 radical (unpaired) electrons. The molecule has 0 unspecified atom stereocenters. The largest absolute Gasteiger partial charge is 2.00 e. The molecule has 10 nitrogen and oxygen atoms in total. The number of carboxylic acids is 2. The molecule has 0 aliphatic carbocycles. The molecule has 6 N–H and O–H groups in total. The Labute approximate surface area is 233 Å². The van der Waals surface area contributed by atoms with Crippen LogP contribution in [0.4, 0.5) is 0 Å². The smallest absolute Gasteiger partial charge is 0.545 e. The number of nitrogens with zero attached hydrogens (tertiary/aromatic N) is 4. The van der Waals surface area contributed by atoms with Gasteiger partial charge in [-0.2, -0.15) is 10.5 Å². The summed E-state index contributed by atoms with van der Waals surface area (Å²) < 4.78 is 0. The third-order valence-electron chi connectivity index (χ3n) is 4.84. The van der Waals surface area contributed by atoms with Crippen LogP contribution in [-0.4, -0.2) is 21.9 Å². The first kappa shape index (κ1) is 33.8. The van der Waals surface area contributed by atoms with E-state index in [-0.39, 0.29) is 38.9 Å². The molecule has 0 aliphatic heterocycles. The predicted octanol–water partition coefficient (Wildman–Crippen LogP) is 0.780. The van der Waals surface area contributed by atoms with Crippen molar-refractivity contribution in [3.63, 3.8) is 0 Å². The van der Waals surface area contributed by atoms with Crippen molar-refractivity contribution < 1.29 is 47.5 Å². The third kappa shape index (κ3) is 9.33. The van der Waals surface area contributed by atoms with E-state index < -0.39 is 11.9 Å². The number of carboxylic acid groups (broad SMARTS) is 2. The first-order valence-electron chi connectivity index (χ1n) is 10.4. The standard InChI is InChI=1S/C12H8N2.2C8H5NO2.Co.2H2O/c1-3-9-5-6-10-4-2-8-14-12(10)11(9)13-7-1;2*9-5-6-1-3-7(4-2-6)8(10)11;;;/h1-8H;2*1-4H,(H,10,11);;2*1H2/q;;;+2;;. The van der Waals surface area contributed by atoms with Crippen LogP contribution in [0.5, 0.6) is 0 Å². The van der Waals surface area contributed by atoms with Crippen LogP contribution in [0.1, 0.15) is 31.8 Å². The van der Waals surface area contributed by atoms with Crippen LogP contribution in [0.15, 0.2) is 97.3 Å². The Balaban J connectivity index is 0.000000542. The van der Waals surface area contributed by atoms with Crippen LogP contribution in [0.25, 0.3) is 21.8 Å². The van der Waals surface area contributed by atoms with Gasteiger partial charge in [0.1, 0.15) is 0 Å². The number of hydrogen-bond donors (Lipinski definition) is 0. The summed E-state index contributed by atoms with van der Waals surface area (Å²) >= 11 is 0. The van der Waals surface area contributed by atoms with E-state index in [0.29, 0.717) is 11.1 Å². The van der Waals surface area contributed by atoms with Gasteiger partial charge in [-0.1, -0.05) is 48.5 Å². The maximum Gasteiger partial charge on any atom is 2.00 e. The van der Waals surface area contributed by atoms with Gasteiger partial charge in [0.05, 0.1) is 46.2 Å². The van der Waals surface area contributed by atoms with Gasteiger partial charge in [0.2, 0.25) is 0 Å². The van der Waals surface area contributed by atoms with Crippen molar-refractivity contribution in [3.8, 4) is 12.1 Å². The van der Waals surface area contributed by atoms with Crippen molar-refractivity contribution in [3.05, 3.63) is 120 Å². The number of benzene rings is 3. The monoisotopic (exact) mass is 569 g/mol. The van der Waals surface area contributed by atoms with E-state index >= 15 is 0 Å². The maximum absolute atomic E-state index is 10.2. The van der Waals surface area contributed by atoms with Crippen molar-refractivity contribution in [1.29, 1.82) is 10.5 Å². The number of aromatic carboxylic acids is 2. The molecule has 0 aliphatic rings. The molecule has 11 heteroatoms. The second-order valence-corrected chi connectivity index (χ2v) is 7.17. The van der Waals surface area contributed by atoms with Gasteiger partial charge in [-0.25, -0.2) is 0 Å². The second kappa shape index (κ2) is 16.5. The van der Waals surface area contributed by atoms with Gasteiger partial charge >= 0.3 is 16.8 Å². The van der Waals surface area contributed by atoms with Gasteiger partial charge in [0.15, 0.2) is 0 Å². The van der Waals surface area contributed by atoms with Gasteiger partial charge in [-0.3, -0.25) is 9.97 Å². The number of hydrogen-bond acceptors (Lipinski definition) is 8. The summed E-state index contributed by atoms with van der Waals surface area (Å²) in [6.45, 7) is 0. The zero-order chi connectivity index (χ0) is 25.9. The van der Waals surface area contributed by atoms with Crippen LogP contribution in [-0.2, 0) is 27.7 Å². The normalized spacial score (nSPS) is 8.77. The Kier molecular flexibility index (Phi) is 14.4. The molecule has 197 valence electrons. The van der Waals surface area contributed by atoms with Gasteiger partial charge < -0.3 is 30.8 Å². The van der Waals surface area contributed by atoms with E-state index in [1.54, 1.807) is 12.4 Å². The number of carbonyl (C=O) groups is 2. The average molecular weight is 569 g/mol. The molecule has 3 aromatic carbocycles. The SMILES string of the molecule is N#Cc1ccc(C(=O)[O-])cc1.N#Cc1ccc(C(=O)[O-])cc1.[Co+2].[OH3+].[OH3+].c1cnc2c(c1)ccc1cccnc12. The number of nitriles is 2. The van der Waals surface area contributed by atoms with Crippen molar-refractivity contribution >= 4 is 33.7 Å². The van der Waals surface area contributed by atoms with Crippen LogP contribution in [0.2, 0.25) is 0 Å². The summed E-state index contributed by atoms with van der Waals surface area (Å²) in [5.74, 6) is -2.45. The second-order valence-electron chi connectivity index (χ2n) is 7.17. The molecule has 0 fully saturated rings. The van der Waals surface area contributed by atoms with Crippen LogP contribution in [0.3, 0.4) is 0 Å². The average Bonchev–Trinajstić information content (AvgIpc) is 2.93. The molecule has 5 aromatic rings. The Bertz CT molecular complexity index is 1490. The minimum Gasteiger partial charge on any atom is -0.545 e. The van der Waals surface area contributed by atoms with Gasteiger partial charge in [0.25, 0.3) is 0 Å². The third-order valence-corrected chi connectivity index (χ3v) is 4.84. The predicted molar refractivity (Wildman–Crippen MR) is 138 cm³/mol. The number of aromatic nitrogens is 2. The van der Waals surface area contributed by atoms with E-state index in [1.165, 1.54) is 48.5 Å². The van der Waals surface area contributed by atoms with Crippen LogP contribution >= 0.6 is 0 Å². The fraction of sp³-hybridized carbons (Fsp3) is 0. The molecule has 39 heavy (non-hydrogen) atoms. The molecule has 0 amide bonds. The summed E-state index contributed by atoms with van der Waals surface area (Å²) in [6.07, 6.45) is 3.60. The fourth-order valence-corrected chi connectivity index (χ4v) is 3.04. The van der Waals surface area contributed by atoms with Crippen LogP contribution < -0.4 is 10.2 Å². The van der Waals surface area contributed by atoms with Crippen LogP contribution in [0, 0.1) is 22.7 Å². The topological polar surface area (TPSA) is 220 Å². The Morgan fingerprint density at radius 2 is 0.923 bits per heavy atom. The molecular formula is C28H22CoN4O6+2. The van der Waals surface area contributed by atoms with Crippen molar-refractivity contribution in [2.45, 2.75) is 0 Å². The Morgan fingerprint density at radius 3 is 1.21 bits per heavy atom. The first-order chi connectivity index (χ1) is 17.4. The van der Waals surface area contributed by atoms with E-state index in [0.717, 1.165) is 21.8 Å². The Hall–Kier alpha value is -5.17. The van der Waals surface area contributed by atoms with Gasteiger partial charge in [-0.05, 0) is 47.5 Å². The Morgan fingerprint density at radius 1 is 0.590 bits per heavy atom. The number of rotatable bonds is 2. The molecule has 5 rings (SSSR count). The van der Waals surface area contributed by atoms with E-state index in [9.17, 15) is 19.8 Å². The maximum atomic E-state index is 10.2. The summed E-state index contributed by atoms with van der Waals surface area (Å²) in [4.78, 5) is 29.1. The quantitative estimate of drug-likeness (QED) is 0.218. The zero-order valence-electron chi connectivity index (χ0n) is 20.1. The fourth-order valence-electron chi connectivity index (χ4n) is 3.04.